The Kier molecular flexibility index (Phi) is 5.46. The van der Waals surface area contributed by atoms with E-state index >= 15 is 0 Å². The van der Waals surface area contributed by atoms with Crippen LogP contribution in [0.3, 0.4) is 0 Å². The van der Waals surface area contributed by atoms with Crippen molar-refractivity contribution >= 4 is 0 Å². The summed E-state index contributed by atoms with van der Waals surface area (Å²) in [5.74, 6) is -0.316. The number of likely N-dealkylation sites (N-methyl/N-ethyl adjacent to an activating group) is 1. The smallest absolute Gasteiger partial charge is 0.141 e. The number of halogens is 1. The third-order valence-corrected chi connectivity index (χ3v) is 3.76. The van der Waals surface area contributed by atoms with Crippen LogP contribution in [-0.4, -0.2) is 37.0 Å². The lowest BCUT2D eigenvalue weighted by molar-refractivity contribution is -0.127. The number of hydrogen-bond acceptors (Lipinski definition) is 4. The molecule has 2 heterocycles. The summed E-state index contributed by atoms with van der Waals surface area (Å²) in [6.45, 7) is 6.79. The highest BCUT2D eigenvalue weighted by molar-refractivity contribution is 5.20. The third-order valence-electron chi connectivity index (χ3n) is 3.76. The van der Waals surface area contributed by atoms with Gasteiger partial charge in [0.15, 0.2) is 0 Å². The van der Waals surface area contributed by atoms with E-state index in [9.17, 15) is 4.39 Å². The topological polar surface area (TPSA) is 43.4 Å². The number of aromatic nitrogens is 1. The fraction of sp³-hybridized carbons (Fsp3) is 0.667. The summed E-state index contributed by atoms with van der Waals surface area (Å²) < 4.78 is 25.0. The molecule has 4 nitrogen and oxygen atoms in total. The molecule has 1 aliphatic heterocycles. The minimum Gasteiger partial charge on any atom is -0.381 e. The molecular formula is C15H23FN2O2. The summed E-state index contributed by atoms with van der Waals surface area (Å²) >= 11 is 0. The Balaban J connectivity index is 2.33. The predicted octanol–water partition coefficient (Wildman–Crippen LogP) is 2.46. The first-order valence-electron chi connectivity index (χ1n) is 7.27. The molecule has 1 saturated heterocycles. The molecule has 1 N–H and O–H groups in total. The van der Waals surface area contributed by atoms with Gasteiger partial charge < -0.3 is 14.8 Å². The molecule has 1 atom stereocenters. The second-order valence-corrected chi connectivity index (χ2v) is 5.04. The molecule has 1 aromatic heterocycles. The summed E-state index contributed by atoms with van der Waals surface area (Å²) in [5.41, 5.74) is 0.487. The molecule has 0 aromatic carbocycles. The Morgan fingerprint density at radius 3 is 2.75 bits per heavy atom. The van der Waals surface area contributed by atoms with Gasteiger partial charge in [-0.1, -0.05) is 6.92 Å². The highest BCUT2D eigenvalue weighted by atomic mass is 19.1. The van der Waals surface area contributed by atoms with E-state index in [0.29, 0.717) is 19.8 Å². The van der Waals surface area contributed by atoms with Crippen molar-refractivity contribution in [1.82, 2.24) is 10.3 Å². The predicted molar refractivity (Wildman–Crippen MR) is 75.0 cm³/mol. The van der Waals surface area contributed by atoms with Gasteiger partial charge in [-0.15, -0.1) is 0 Å². The number of pyridine rings is 1. The molecular weight excluding hydrogens is 259 g/mol. The first-order chi connectivity index (χ1) is 9.72. The van der Waals surface area contributed by atoms with Crippen LogP contribution in [0.15, 0.2) is 18.5 Å². The van der Waals surface area contributed by atoms with E-state index in [1.807, 2.05) is 13.8 Å². The van der Waals surface area contributed by atoms with Crippen molar-refractivity contribution in [2.75, 3.05) is 26.4 Å². The molecule has 0 amide bonds. The van der Waals surface area contributed by atoms with E-state index in [2.05, 4.69) is 10.3 Å². The molecule has 0 radical (unpaired) electrons. The molecule has 2 rings (SSSR count). The molecule has 0 bridgehead atoms. The molecule has 1 aliphatic rings. The van der Waals surface area contributed by atoms with Crippen LogP contribution in [0.4, 0.5) is 4.39 Å². The van der Waals surface area contributed by atoms with Gasteiger partial charge >= 0.3 is 0 Å². The summed E-state index contributed by atoms with van der Waals surface area (Å²) in [7, 11) is 0. The fourth-order valence-electron chi connectivity index (χ4n) is 2.92. The van der Waals surface area contributed by atoms with Gasteiger partial charge in [0.05, 0.1) is 17.8 Å². The maximum absolute atomic E-state index is 13.5. The van der Waals surface area contributed by atoms with E-state index in [-0.39, 0.29) is 17.5 Å². The van der Waals surface area contributed by atoms with Crippen LogP contribution in [0.2, 0.25) is 0 Å². The molecule has 0 saturated carbocycles. The fourth-order valence-corrected chi connectivity index (χ4v) is 2.92. The summed E-state index contributed by atoms with van der Waals surface area (Å²) in [6, 6.07) is 1.47. The third kappa shape index (κ3) is 3.34. The monoisotopic (exact) mass is 282 g/mol. The van der Waals surface area contributed by atoms with E-state index in [4.69, 9.17) is 9.47 Å². The second kappa shape index (κ2) is 7.11. The van der Waals surface area contributed by atoms with Crippen molar-refractivity contribution in [3.8, 4) is 0 Å². The van der Waals surface area contributed by atoms with Crippen LogP contribution in [0.25, 0.3) is 0 Å². The number of rotatable bonds is 6. The number of hydrogen-bond donors (Lipinski definition) is 1. The molecule has 0 aliphatic carbocycles. The number of nitrogens with one attached hydrogen (secondary N) is 1. The van der Waals surface area contributed by atoms with Crippen molar-refractivity contribution in [3.05, 3.63) is 29.8 Å². The zero-order valence-corrected chi connectivity index (χ0v) is 12.2. The van der Waals surface area contributed by atoms with Crippen LogP contribution >= 0.6 is 0 Å². The van der Waals surface area contributed by atoms with E-state index < -0.39 is 0 Å². The molecule has 1 aromatic rings. The average Bonchev–Trinajstić information content (AvgIpc) is 2.46. The minimum atomic E-state index is -0.349. The van der Waals surface area contributed by atoms with Crippen LogP contribution in [-0.2, 0) is 9.47 Å². The van der Waals surface area contributed by atoms with Gasteiger partial charge in [0.1, 0.15) is 5.82 Å². The lowest BCUT2D eigenvalue weighted by atomic mass is 9.82. The SMILES string of the molecule is CCNC(c1cncc(F)c1)C1(OCC)CCOCC1. The number of ether oxygens (including phenoxy) is 2. The Morgan fingerprint density at radius 1 is 1.40 bits per heavy atom. The quantitative estimate of drug-likeness (QED) is 0.870. The standard InChI is InChI=1S/C15H23FN2O2/c1-3-18-14(12-9-13(16)11-17-10-12)15(20-4-2)5-7-19-8-6-15/h9-11,14,18H,3-8H2,1-2H3. The zero-order chi connectivity index (χ0) is 14.4. The lowest BCUT2D eigenvalue weighted by Crippen LogP contribution is -2.50. The van der Waals surface area contributed by atoms with Crippen LogP contribution in [0.1, 0.15) is 38.3 Å². The van der Waals surface area contributed by atoms with Crippen LogP contribution in [0.5, 0.6) is 0 Å². The Labute approximate surface area is 119 Å². The summed E-state index contributed by atoms with van der Waals surface area (Å²) in [4.78, 5) is 3.97. The van der Waals surface area contributed by atoms with Gasteiger partial charge in [-0.2, -0.15) is 0 Å². The van der Waals surface area contributed by atoms with Crippen molar-refractivity contribution in [3.63, 3.8) is 0 Å². The van der Waals surface area contributed by atoms with E-state index in [1.165, 1.54) is 12.3 Å². The molecule has 1 unspecified atom stereocenters. The maximum Gasteiger partial charge on any atom is 0.141 e. The minimum absolute atomic E-state index is 0.0699. The van der Waals surface area contributed by atoms with Crippen LogP contribution in [0, 0.1) is 5.82 Å². The molecule has 112 valence electrons. The van der Waals surface area contributed by atoms with Gasteiger partial charge in [0.2, 0.25) is 0 Å². The van der Waals surface area contributed by atoms with Crippen molar-refractivity contribution in [2.24, 2.45) is 0 Å². The second-order valence-electron chi connectivity index (χ2n) is 5.04. The van der Waals surface area contributed by atoms with Gasteiger partial charge in [-0.25, -0.2) is 4.39 Å². The molecule has 5 heteroatoms. The van der Waals surface area contributed by atoms with Crippen molar-refractivity contribution in [2.45, 2.75) is 38.3 Å². The lowest BCUT2D eigenvalue weighted by Gasteiger charge is -2.43. The normalized spacial score (nSPS) is 19.8. The van der Waals surface area contributed by atoms with Gasteiger partial charge in [-0.3, -0.25) is 4.98 Å². The first kappa shape index (κ1) is 15.4. The average molecular weight is 282 g/mol. The van der Waals surface area contributed by atoms with Crippen molar-refractivity contribution in [1.29, 1.82) is 0 Å². The molecule has 0 spiro atoms. The van der Waals surface area contributed by atoms with Gasteiger partial charge in [0, 0.05) is 38.9 Å². The molecule has 1 fully saturated rings. The number of nitrogens with zero attached hydrogens (tertiary/aromatic N) is 1. The Morgan fingerprint density at radius 2 is 2.15 bits per heavy atom. The van der Waals surface area contributed by atoms with Gasteiger partial charge in [-0.05, 0) is 25.1 Å². The van der Waals surface area contributed by atoms with Crippen molar-refractivity contribution < 1.29 is 13.9 Å². The molecule has 20 heavy (non-hydrogen) atoms. The van der Waals surface area contributed by atoms with Gasteiger partial charge in [0.25, 0.3) is 0 Å². The maximum atomic E-state index is 13.5. The zero-order valence-electron chi connectivity index (χ0n) is 12.2. The highest BCUT2D eigenvalue weighted by Gasteiger charge is 2.42. The first-order valence-corrected chi connectivity index (χ1v) is 7.27. The Bertz CT molecular complexity index is 417. The Hall–Kier alpha value is -1.04. The highest BCUT2D eigenvalue weighted by Crippen LogP contribution is 2.37. The summed E-state index contributed by atoms with van der Waals surface area (Å²) in [6.07, 6.45) is 4.54. The van der Waals surface area contributed by atoms with E-state index in [0.717, 1.165) is 24.9 Å². The van der Waals surface area contributed by atoms with Crippen LogP contribution < -0.4 is 5.32 Å². The summed E-state index contributed by atoms with van der Waals surface area (Å²) in [5, 5.41) is 3.43. The largest absolute Gasteiger partial charge is 0.381 e. The van der Waals surface area contributed by atoms with E-state index in [1.54, 1.807) is 6.20 Å².